The predicted molar refractivity (Wildman–Crippen MR) is 67.7 cm³/mol. The van der Waals surface area contributed by atoms with Gasteiger partial charge in [0.25, 0.3) is 0 Å². The minimum absolute atomic E-state index is 0.00993. The van der Waals surface area contributed by atoms with Crippen molar-refractivity contribution < 1.29 is 9.53 Å². The molecule has 4 nitrogen and oxygen atoms in total. The molecule has 1 saturated heterocycles. The van der Waals surface area contributed by atoms with Gasteiger partial charge in [-0.05, 0) is 24.6 Å². The number of rotatable bonds is 2. The first-order chi connectivity index (χ1) is 8.02. The van der Waals surface area contributed by atoms with E-state index in [1.165, 1.54) is 0 Å². The molecular formula is C12H15ClN2O2. The largest absolute Gasteiger partial charge is 0.495 e. The molecule has 1 aliphatic heterocycles. The topological polar surface area (TPSA) is 55.6 Å². The number of halogens is 1. The van der Waals surface area contributed by atoms with E-state index in [4.69, 9.17) is 22.1 Å². The maximum absolute atomic E-state index is 11.8. The van der Waals surface area contributed by atoms with Crippen LogP contribution < -0.4 is 15.4 Å². The molecule has 1 aromatic rings. The number of amides is 1. The van der Waals surface area contributed by atoms with Crippen LogP contribution in [0, 0.1) is 6.92 Å². The molecule has 1 aliphatic rings. The molecule has 92 valence electrons. The Morgan fingerprint density at radius 2 is 2.24 bits per heavy atom. The van der Waals surface area contributed by atoms with Gasteiger partial charge in [-0.1, -0.05) is 11.6 Å². The molecular weight excluding hydrogens is 240 g/mol. The summed E-state index contributed by atoms with van der Waals surface area (Å²) < 4.78 is 5.28. The highest BCUT2D eigenvalue weighted by Gasteiger charge is 2.30. The van der Waals surface area contributed by atoms with Crippen molar-refractivity contribution in [2.75, 3.05) is 18.6 Å². The van der Waals surface area contributed by atoms with Crippen LogP contribution in [0.5, 0.6) is 5.75 Å². The monoisotopic (exact) mass is 254 g/mol. The predicted octanol–water partition coefficient (Wildman–Crippen LogP) is 1.72. The Morgan fingerprint density at radius 1 is 1.53 bits per heavy atom. The van der Waals surface area contributed by atoms with E-state index < -0.39 is 0 Å². The SMILES string of the molecule is COc1cc(C)c(Cl)cc1N1CC(N)CC1=O. The minimum atomic E-state index is -0.118. The zero-order valence-electron chi connectivity index (χ0n) is 9.87. The maximum Gasteiger partial charge on any atom is 0.228 e. The summed E-state index contributed by atoms with van der Waals surface area (Å²) in [6, 6.07) is 3.47. The summed E-state index contributed by atoms with van der Waals surface area (Å²) in [5.74, 6) is 0.657. The minimum Gasteiger partial charge on any atom is -0.495 e. The first kappa shape index (κ1) is 12.2. The molecule has 1 fully saturated rings. The standard InChI is InChI=1S/C12H15ClN2O2/c1-7-3-11(17-2)10(5-9(7)13)15-6-8(14)4-12(15)16/h3,5,8H,4,6,14H2,1-2H3. The van der Waals surface area contributed by atoms with Gasteiger partial charge in [0.05, 0.1) is 12.8 Å². The van der Waals surface area contributed by atoms with Crippen molar-refractivity contribution in [3.8, 4) is 5.75 Å². The van der Waals surface area contributed by atoms with Crippen molar-refractivity contribution >= 4 is 23.2 Å². The van der Waals surface area contributed by atoms with Crippen molar-refractivity contribution in [2.24, 2.45) is 5.73 Å². The van der Waals surface area contributed by atoms with Gasteiger partial charge in [0, 0.05) is 24.0 Å². The summed E-state index contributed by atoms with van der Waals surface area (Å²) >= 11 is 6.08. The lowest BCUT2D eigenvalue weighted by Gasteiger charge is -2.20. The second-order valence-electron chi connectivity index (χ2n) is 4.24. The highest BCUT2D eigenvalue weighted by Crippen LogP contribution is 2.35. The summed E-state index contributed by atoms with van der Waals surface area (Å²) in [5.41, 5.74) is 7.39. The first-order valence-corrected chi connectivity index (χ1v) is 5.80. The molecule has 1 aromatic carbocycles. The molecule has 2 rings (SSSR count). The molecule has 0 radical (unpaired) electrons. The van der Waals surface area contributed by atoms with Crippen molar-refractivity contribution in [2.45, 2.75) is 19.4 Å². The molecule has 1 atom stereocenters. The van der Waals surface area contributed by atoms with E-state index in [1.807, 2.05) is 13.0 Å². The maximum atomic E-state index is 11.8. The highest BCUT2D eigenvalue weighted by molar-refractivity contribution is 6.31. The number of hydrogen-bond donors (Lipinski definition) is 1. The van der Waals surface area contributed by atoms with E-state index in [-0.39, 0.29) is 11.9 Å². The fourth-order valence-corrected chi connectivity index (χ4v) is 2.14. The van der Waals surface area contributed by atoms with Crippen LogP contribution in [-0.4, -0.2) is 25.6 Å². The second-order valence-corrected chi connectivity index (χ2v) is 4.65. The van der Waals surface area contributed by atoms with Gasteiger partial charge in [-0.25, -0.2) is 0 Å². The molecule has 1 amide bonds. The fraction of sp³-hybridized carbons (Fsp3) is 0.417. The number of benzene rings is 1. The molecule has 0 aliphatic carbocycles. The van der Waals surface area contributed by atoms with Gasteiger partial charge in [-0.15, -0.1) is 0 Å². The molecule has 0 spiro atoms. The van der Waals surface area contributed by atoms with Crippen LogP contribution >= 0.6 is 11.6 Å². The average Bonchev–Trinajstić information content (AvgIpc) is 2.61. The zero-order chi connectivity index (χ0) is 12.6. The second kappa shape index (κ2) is 4.55. The molecule has 0 aromatic heterocycles. The Balaban J connectivity index is 2.44. The number of ether oxygens (including phenoxy) is 1. The Labute approximate surface area is 105 Å². The van der Waals surface area contributed by atoms with Gasteiger partial charge in [0.2, 0.25) is 5.91 Å². The van der Waals surface area contributed by atoms with E-state index in [9.17, 15) is 4.79 Å². The van der Waals surface area contributed by atoms with Crippen LogP contribution in [-0.2, 0) is 4.79 Å². The third-order valence-electron chi connectivity index (χ3n) is 2.91. The molecule has 0 bridgehead atoms. The van der Waals surface area contributed by atoms with Crippen LogP contribution in [0.2, 0.25) is 5.02 Å². The van der Waals surface area contributed by atoms with E-state index in [0.29, 0.717) is 29.4 Å². The zero-order valence-corrected chi connectivity index (χ0v) is 10.6. The lowest BCUT2D eigenvalue weighted by atomic mass is 10.2. The molecule has 1 heterocycles. The summed E-state index contributed by atoms with van der Waals surface area (Å²) in [4.78, 5) is 13.4. The Bertz CT molecular complexity index is 462. The van der Waals surface area contributed by atoms with E-state index in [1.54, 1.807) is 18.1 Å². The van der Waals surface area contributed by atoms with E-state index in [0.717, 1.165) is 5.56 Å². The third kappa shape index (κ3) is 2.23. The Morgan fingerprint density at radius 3 is 2.76 bits per heavy atom. The van der Waals surface area contributed by atoms with Gasteiger partial charge < -0.3 is 15.4 Å². The van der Waals surface area contributed by atoms with Gasteiger partial charge in [-0.2, -0.15) is 0 Å². The number of anilines is 1. The molecule has 2 N–H and O–H groups in total. The van der Waals surface area contributed by atoms with E-state index >= 15 is 0 Å². The lowest BCUT2D eigenvalue weighted by Crippen LogP contribution is -2.28. The van der Waals surface area contributed by atoms with Gasteiger partial charge in [-0.3, -0.25) is 4.79 Å². The quantitative estimate of drug-likeness (QED) is 0.874. The number of aryl methyl sites for hydroxylation is 1. The number of carbonyl (C=O) groups excluding carboxylic acids is 1. The summed E-state index contributed by atoms with van der Waals surface area (Å²) in [5, 5.41) is 0.620. The molecule has 1 unspecified atom stereocenters. The van der Waals surface area contributed by atoms with Crippen molar-refractivity contribution in [1.82, 2.24) is 0 Å². The third-order valence-corrected chi connectivity index (χ3v) is 3.31. The number of nitrogens with two attached hydrogens (primary N) is 1. The summed E-state index contributed by atoms with van der Waals surface area (Å²) in [6.45, 7) is 2.40. The summed E-state index contributed by atoms with van der Waals surface area (Å²) in [6.07, 6.45) is 0.370. The number of carbonyl (C=O) groups is 1. The Hall–Kier alpha value is -1.26. The number of methoxy groups -OCH3 is 1. The lowest BCUT2D eigenvalue weighted by molar-refractivity contribution is -0.117. The van der Waals surface area contributed by atoms with Gasteiger partial charge in [0.15, 0.2) is 0 Å². The number of hydrogen-bond acceptors (Lipinski definition) is 3. The van der Waals surface area contributed by atoms with E-state index in [2.05, 4.69) is 0 Å². The first-order valence-electron chi connectivity index (χ1n) is 5.43. The molecule has 17 heavy (non-hydrogen) atoms. The van der Waals surface area contributed by atoms with Gasteiger partial charge in [0.1, 0.15) is 5.75 Å². The molecule has 5 heteroatoms. The number of nitrogens with zero attached hydrogens (tertiary/aromatic N) is 1. The van der Waals surface area contributed by atoms with Crippen LogP contribution in [0.3, 0.4) is 0 Å². The van der Waals surface area contributed by atoms with Gasteiger partial charge >= 0.3 is 0 Å². The van der Waals surface area contributed by atoms with Crippen LogP contribution in [0.15, 0.2) is 12.1 Å². The normalized spacial score (nSPS) is 19.9. The highest BCUT2D eigenvalue weighted by atomic mass is 35.5. The van der Waals surface area contributed by atoms with Crippen LogP contribution in [0.4, 0.5) is 5.69 Å². The van der Waals surface area contributed by atoms with Crippen molar-refractivity contribution in [3.63, 3.8) is 0 Å². The van der Waals surface area contributed by atoms with Crippen molar-refractivity contribution in [3.05, 3.63) is 22.7 Å². The van der Waals surface area contributed by atoms with Crippen LogP contribution in [0.1, 0.15) is 12.0 Å². The smallest absolute Gasteiger partial charge is 0.228 e. The van der Waals surface area contributed by atoms with Crippen LogP contribution in [0.25, 0.3) is 0 Å². The Kier molecular flexibility index (Phi) is 3.26. The fourth-order valence-electron chi connectivity index (χ4n) is 1.99. The van der Waals surface area contributed by atoms with Crippen molar-refractivity contribution in [1.29, 1.82) is 0 Å². The average molecular weight is 255 g/mol. The molecule has 0 saturated carbocycles. The summed E-state index contributed by atoms with van der Waals surface area (Å²) in [7, 11) is 1.58.